The highest BCUT2D eigenvalue weighted by atomic mass is 16.5. The monoisotopic (exact) mass is 496 g/mol. The van der Waals surface area contributed by atoms with Gasteiger partial charge in [0.25, 0.3) is 0 Å². The van der Waals surface area contributed by atoms with Crippen LogP contribution in [-0.4, -0.2) is 18.3 Å². The van der Waals surface area contributed by atoms with Gasteiger partial charge in [-0.25, -0.2) is 0 Å². The fraction of sp³-hybridized carbons (Fsp3) is 0.143. The molecule has 1 unspecified atom stereocenters. The maximum Gasteiger partial charge on any atom is 0.178 e. The molecule has 0 spiro atoms. The second-order valence-corrected chi connectivity index (χ2v) is 10.1. The van der Waals surface area contributed by atoms with Crippen LogP contribution in [0.5, 0.6) is 5.75 Å². The normalized spacial score (nSPS) is 18.5. The Morgan fingerprint density at radius 1 is 0.737 bits per heavy atom. The van der Waals surface area contributed by atoms with E-state index >= 15 is 0 Å². The minimum absolute atomic E-state index is 0.0413. The predicted molar refractivity (Wildman–Crippen MR) is 152 cm³/mol. The van der Waals surface area contributed by atoms with Gasteiger partial charge in [-0.1, -0.05) is 115 Å². The molecule has 5 aromatic carbocycles. The SMILES string of the molecule is CC1(OCCO)c2ccccc2-c2c1c1c(c3ccccc23)OC(c2ccccc2)(c2ccccc2)C=C1. The van der Waals surface area contributed by atoms with Crippen molar-refractivity contribution in [2.24, 2.45) is 0 Å². The number of ether oxygens (including phenoxy) is 2. The molecular formula is C35H28O3. The fourth-order valence-electron chi connectivity index (χ4n) is 6.37. The molecule has 1 aliphatic heterocycles. The summed E-state index contributed by atoms with van der Waals surface area (Å²) in [6, 6.07) is 37.8. The molecule has 0 aromatic heterocycles. The van der Waals surface area contributed by atoms with Crippen molar-refractivity contribution in [2.75, 3.05) is 13.2 Å². The van der Waals surface area contributed by atoms with Gasteiger partial charge < -0.3 is 14.6 Å². The molecule has 0 saturated carbocycles. The zero-order chi connectivity index (χ0) is 25.7. The summed E-state index contributed by atoms with van der Waals surface area (Å²) in [6.45, 7) is 2.32. The van der Waals surface area contributed by atoms with E-state index in [0.717, 1.165) is 44.3 Å². The van der Waals surface area contributed by atoms with Crippen molar-refractivity contribution in [1.82, 2.24) is 0 Å². The van der Waals surface area contributed by atoms with Crippen LogP contribution >= 0.6 is 0 Å². The first-order valence-electron chi connectivity index (χ1n) is 13.1. The molecule has 0 fully saturated rings. The van der Waals surface area contributed by atoms with Crippen LogP contribution in [0.15, 0.2) is 115 Å². The minimum atomic E-state index is -0.777. The smallest absolute Gasteiger partial charge is 0.178 e. The van der Waals surface area contributed by atoms with E-state index in [1.807, 2.05) is 12.1 Å². The molecule has 0 radical (unpaired) electrons. The van der Waals surface area contributed by atoms with Crippen LogP contribution in [0.2, 0.25) is 0 Å². The van der Waals surface area contributed by atoms with Crippen LogP contribution < -0.4 is 4.74 Å². The van der Waals surface area contributed by atoms with Gasteiger partial charge in [-0.15, -0.1) is 0 Å². The Morgan fingerprint density at radius 3 is 2.03 bits per heavy atom. The van der Waals surface area contributed by atoms with E-state index in [1.54, 1.807) is 0 Å². The van der Waals surface area contributed by atoms with E-state index < -0.39 is 11.2 Å². The van der Waals surface area contributed by atoms with E-state index in [1.165, 1.54) is 11.1 Å². The molecule has 0 amide bonds. The van der Waals surface area contributed by atoms with Gasteiger partial charge in [-0.05, 0) is 35.1 Å². The molecule has 0 bridgehead atoms. The molecule has 0 saturated heterocycles. The standard InChI is InChI=1S/C35H28O3/c1-34(37-23-22-36)30-19-11-10-18-28(30)31-26-16-8-9-17-27(26)33-29(32(31)34)20-21-35(38-33,24-12-4-2-5-13-24)25-14-6-3-7-15-25/h2-21,36H,22-23H2,1H3. The first kappa shape index (κ1) is 23.0. The van der Waals surface area contributed by atoms with Crippen molar-refractivity contribution >= 4 is 16.8 Å². The van der Waals surface area contributed by atoms with Crippen molar-refractivity contribution in [3.05, 3.63) is 143 Å². The molecule has 186 valence electrons. The lowest BCUT2D eigenvalue weighted by Crippen LogP contribution is -2.35. The number of aliphatic hydroxyl groups is 1. The molecule has 3 heteroatoms. The summed E-state index contributed by atoms with van der Waals surface area (Å²) < 4.78 is 13.7. The van der Waals surface area contributed by atoms with Gasteiger partial charge >= 0.3 is 0 Å². The zero-order valence-corrected chi connectivity index (χ0v) is 21.2. The summed E-state index contributed by atoms with van der Waals surface area (Å²) in [5.74, 6) is 0.848. The Morgan fingerprint density at radius 2 is 1.34 bits per heavy atom. The average Bonchev–Trinajstić information content (AvgIpc) is 3.26. The predicted octanol–water partition coefficient (Wildman–Crippen LogP) is 7.44. The van der Waals surface area contributed by atoms with Crippen LogP contribution in [0.1, 0.15) is 34.7 Å². The van der Waals surface area contributed by atoms with E-state index in [2.05, 4.69) is 116 Å². The van der Waals surface area contributed by atoms with Crippen LogP contribution in [-0.2, 0) is 15.9 Å². The Bertz CT molecular complexity index is 1650. The summed E-state index contributed by atoms with van der Waals surface area (Å²) in [4.78, 5) is 0. The second kappa shape index (κ2) is 8.70. The third kappa shape index (κ3) is 3.16. The Kier molecular flexibility index (Phi) is 5.26. The molecule has 5 aromatic rings. The minimum Gasteiger partial charge on any atom is -0.472 e. The highest BCUT2D eigenvalue weighted by Crippen LogP contribution is 2.58. The van der Waals surface area contributed by atoms with Gasteiger partial charge in [0.05, 0.1) is 13.2 Å². The molecule has 1 atom stereocenters. The fourth-order valence-corrected chi connectivity index (χ4v) is 6.37. The summed E-state index contributed by atoms with van der Waals surface area (Å²) in [7, 11) is 0. The van der Waals surface area contributed by atoms with Crippen molar-refractivity contribution in [2.45, 2.75) is 18.1 Å². The average molecular weight is 497 g/mol. The molecule has 1 aliphatic carbocycles. The number of hydrogen-bond donors (Lipinski definition) is 1. The van der Waals surface area contributed by atoms with E-state index in [4.69, 9.17) is 9.47 Å². The van der Waals surface area contributed by atoms with Crippen LogP contribution in [0.25, 0.3) is 28.0 Å². The Hall–Kier alpha value is -4.18. The lowest BCUT2D eigenvalue weighted by atomic mass is 9.80. The van der Waals surface area contributed by atoms with Gasteiger partial charge in [0.2, 0.25) is 0 Å². The van der Waals surface area contributed by atoms with Crippen molar-refractivity contribution in [3.8, 4) is 16.9 Å². The van der Waals surface area contributed by atoms with E-state index in [0.29, 0.717) is 0 Å². The molecule has 2 aliphatic rings. The molecule has 38 heavy (non-hydrogen) atoms. The van der Waals surface area contributed by atoms with Gasteiger partial charge in [-0.3, -0.25) is 0 Å². The van der Waals surface area contributed by atoms with E-state index in [-0.39, 0.29) is 13.2 Å². The molecular weight excluding hydrogens is 468 g/mol. The summed E-state index contributed by atoms with van der Waals surface area (Å²) >= 11 is 0. The molecule has 3 nitrogen and oxygen atoms in total. The van der Waals surface area contributed by atoms with Gasteiger partial charge in [-0.2, -0.15) is 0 Å². The number of rotatable bonds is 5. The first-order chi connectivity index (χ1) is 18.7. The highest BCUT2D eigenvalue weighted by molar-refractivity contribution is 6.08. The third-order valence-electron chi connectivity index (χ3n) is 8.03. The molecule has 1 heterocycles. The summed E-state index contributed by atoms with van der Waals surface area (Å²) in [5, 5.41) is 11.9. The maximum atomic E-state index is 9.70. The topological polar surface area (TPSA) is 38.7 Å². The largest absolute Gasteiger partial charge is 0.472 e. The molecule has 7 rings (SSSR count). The maximum absolute atomic E-state index is 9.70. The van der Waals surface area contributed by atoms with Crippen LogP contribution in [0.3, 0.4) is 0 Å². The zero-order valence-electron chi connectivity index (χ0n) is 21.2. The Balaban J connectivity index is 1.56. The van der Waals surface area contributed by atoms with Gasteiger partial charge in [0.15, 0.2) is 5.60 Å². The number of hydrogen-bond acceptors (Lipinski definition) is 3. The number of aliphatic hydroxyl groups excluding tert-OH is 1. The van der Waals surface area contributed by atoms with Crippen molar-refractivity contribution in [3.63, 3.8) is 0 Å². The van der Waals surface area contributed by atoms with Crippen LogP contribution in [0.4, 0.5) is 0 Å². The van der Waals surface area contributed by atoms with Gasteiger partial charge in [0, 0.05) is 27.6 Å². The summed E-state index contributed by atoms with van der Waals surface area (Å²) in [5.41, 5.74) is 6.20. The number of benzene rings is 5. The Labute approximate surface area is 222 Å². The third-order valence-corrected chi connectivity index (χ3v) is 8.03. The number of fused-ring (bicyclic) bond motifs is 8. The lowest BCUT2D eigenvalue weighted by Gasteiger charge is -2.38. The first-order valence-corrected chi connectivity index (χ1v) is 13.1. The van der Waals surface area contributed by atoms with Crippen LogP contribution in [0, 0.1) is 0 Å². The quantitative estimate of drug-likeness (QED) is 0.275. The van der Waals surface area contributed by atoms with E-state index in [9.17, 15) is 5.11 Å². The van der Waals surface area contributed by atoms with Gasteiger partial charge in [0.1, 0.15) is 11.4 Å². The lowest BCUT2D eigenvalue weighted by molar-refractivity contribution is -0.0188. The second-order valence-electron chi connectivity index (χ2n) is 10.1. The molecule has 1 N–H and O–H groups in total. The van der Waals surface area contributed by atoms with Crippen molar-refractivity contribution < 1.29 is 14.6 Å². The highest BCUT2D eigenvalue weighted by Gasteiger charge is 2.46. The van der Waals surface area contributed by atoms with Crippen molar-refractivity contribution in [1.29, 1.82) is 0 Å². The summed E-state index contributed by atoms with van der Waals surface area (Å²) in [6.07, 6.45) is 4.40.